The highest BCUT2D eigenvalue weighted by molar-refractivity contribution is 5.34. The second kappa shape index (κ2) is 4.82. The molecule has 0 saturated carbocycles. The molecule has 3 nitrogen and oxygen atoms in total. The molecule has 1 aromatic carbocycles. The van der Waals surface area contributed by atoms with Crippen molar-refractivity contribution in [2.45, 2.75) is 39.3 Å². The van der Waals surface area contributed by atoms with E-state index in [-0.39, 0.29) is 5.41 Å². The second-order valence-electron chi connectivity index (χ2n) is 5.98. The molecule has 0 bridgehead atoms. The lowest BCUT2D eigenvalue weighted by atomic mass is 9.70. The van der Waals surface area contributed by atoms with Gasteiger partial charge in [-0.3, -0.25) is 0 Å². The minimum absolute atomic E-state index is 0.258. The first-order chi connectivity index (χ1) is 9.17. The van der Waals surface area contributed by atoms with E-state index in [9.17, 15) is 0 Å². The van der Waals surface area contributed by atoms with Gasteiger partial charge in [-0.15, -0.1) is 0 Å². The molecule has 1 unspecified atom stereocenters. The number of hydrogen-bond donors (Lipinski definition) is 1. The molecule has 0 aliphatic heterocycles. The lowest BCUT2D eigenvalue weighted by Gasteiger charge is -2.40. The van der Waals surface area contributed by atoms with E-state index in [1.807, 2.05) is 6.07 Å². The maximum absolute atomic E-state index is 5.17. The molecule has 3 rings (SSSR count). The van der Waals surface area contributed by atoms with Crippen LogP contribution in [0.5, 0.6) is 0 Å². The molecule has 3 heteroatoms. The van der Waals surface area contributed by atoms with Gasteiger partial charge in [0.2, 0.25) is 0 Å². The van der Waals surface area contributed by atoms with Gasteiger partial charge in [0.1, 0.15) is 5.76 Å². The number of nitrogens with one attached hydrogen (secondary N) is 1. The Hall–Kier alpha value is -1.61. The van der Waals surface area contributed by atoms with Crippen molar-refractivity contribution in [3.63, 3.8) is 0 Å². The minimum Gasteiger partial charge on any atom is -0.360 e. The number of nitrogens with zero attached hydrogens (tertiary/aromatic N) is 1. The fourth-order valence-electron chi connectivity index (χ4n) is 2.99. The predicted octanol–water partition coefficient (Wildman–Crippen LogP) is 3.48. The largest absolute Gasteiger partial charge is 0.360 e. The quantitative estimate of drug-likeness (QED) is 0.913. The molecule has 1 heterocycles. The maximum Gasteiger partial charge on any atom is 0.150 e. The van der Waals surface area contributed by atoms with E-state index in [1.54, 1.807) is 6.20 Å². The van der Waals surface area contributed by atoms with Gasteiger partial charge in [0, 0.05) is 12.1 Å². The van der Waals surface area contributed by atoms with Gasteiger partial charge < -0.3 is 9.84 Å². The number of rotatable bonds is 3. The molecular weight excluding hydrogens is 236 g/mol. The van der Waals surface area contributed by atoms with E-state index in [0.717, 1.165) is 12.3 Å². The Labute approximate surface area is 114 Å². The lowest BCUT2D eigenvalue weighted by molar-refractivity contribution is 0.202. The summed E-state index contributed by atoms with van der Waals surface area (Å²) in [4.78, 5) is 0. The fraction of sp³-hybridized carbons (Fsp3) is 0.438. The van der Waals surface area contributed by atoms with Gasteiger partial charge in [0.05, 0.1) is 12.7 Å². The predicted molar refractivity (Wildman–Crippen MR) is 74.6 cm³/mol. The van der Waals surface area contributed by atoms with Crippen LogP contribution in [0.25, 0.3) is 0 Å². The Morgan fingerprint density at radius 1 is 1.32 bits per heavy atom. The molecule has 1 aliphatic carbocycles. The number of benzene rings is 1. The minimum atomic E-state index is 0.258. The third-order valence-electron chi connectivity index (χ3n) is 4.16. The summed E-state index contributed by atoms with van der Waals surface area (Å²) in [7, 11) is 0. The molecule has 0 radical (unpaired) electrons. The van der Waals surface area contributed by atoms with Crippen molar-refractivity contribution in [2.24, 2.45) is 5.41 Å². The Balaban J connectivity index is 1.84. The van der Waals surface area contributed by atoms with E-state index < -0.39 is 0 Å². The summed E-state index contributed by atoms with van der Waals surface area (Å²) in [6, 6.07) is 11.0. The zero-order chi connectivity index (χ0) is 13.3. The molecule has 19 heavy (non-hydrogen) atoms. The third-order valence-corrected chi connectivity index (χ3v) is 4.16. The van der Waals surface area contributed by atoms with Crippen LogP contribution in [0, 0.1) is 5.41 Å². The van der Waals surface area contributed by atoms with Crippen LogP contribution < -0.4 is 5.32 Å². The number of fused-ring (bicyclic) bond motifs is 1. The van der Waals surface area contributed by atoms with E-state index in [1.165, 1.54) is 24.0 Å². The van der Waals surface area contributed by atoms with E-state index >= 15 is 0 Å². The Bertz CT molecular complexity index is 546. The first kappa shape index (κ1) is 12.4. The van der Waals surface area contributed by atoms with Crippen molar-refractivity contribution in [2.75, 3.05) is 0 Å². The molecule has 0 amide bonds. The highest BCUT2D eigenvalue weighted by Gasteiger charge is 2.35. The molecule has 0 spiro atoms. The average molecular weight is 256 g/mol. The van der Waals surface area contributed by atoms with Crippen LogP contribution in [0.1, 0.15) is 43.2 Å². The van der Waals surface area contributed by atoms with Crippen LogP contribution in [-0.2, 0) is 13.0 Å². The molecule has 1 atom stereocenters. The second-order valence-corrected chi connectivity index (χ2v) is 5.98. The highest BCUT2D eigenvalue weighted by Crippen LogP contribution is 2.43. The van der Waals surface area contributed by atoms with Crippen LogP contribution in [-0.4, -0.2) is 5.16 Å². The molecule has 1 N–H and O–H groups in total. The van der Waals surface area contributed by atoms with Gasteiger partial charge in [-0.05, 0) is 29.4 Å². The summed E-state index contributed by atoms with van der Waals surface area (Å²) in [6.07, 6.45) is 4.07. The van der Waals surface area contributed by atoms with Crippen molar-refractivity contribution in [1.82, 2.24) is 10.5 Å². The standard InChI is InChI=1S/C16H20N2O/c1-16(2)9-7-12-5-3-4-6-14(12)15(16)17-11-13-8-10-18-19-13/h3-6,8,10,15,17H,7,9,11H2,1-2H3. The topological polar surface area (TPSA) is 38.1 Å². The summed E-state index contributed by atoms with van der Waals surface area (Å²) in [5.41, 5.74) is 3.16. The van der Waals surface area contributed by atoms with E-state index in [4.69, 9.17) is 4.52 Å². The van der Waals surface area contributed by atoms with Crippen LogP contribution in [0.2, 0.25) is 0 Å². The van der Waals surface area contributed by atoms with Crippen molar-refractivity contribution in [3.8, 4) is 0 Å². The molecule has 1 aromatic heterocycles. The highest BCUT2D eigenvalue weighted by atomic mass is 16.5. The van der Waals surface area contributed by atoms with E-state index in [2.05, 4.69) is 48.6 Å². The summed E-state index contributed by atoms with van der Waals surface area (Å²) < 4.78 is 5.17. The smallest absolute Gasteiger partial charge is 0.150 e. The van der Waals surface area contributed by atoms with Crippen molar-refractivity contribution in [1.29, 1.82) is 0 Å². The van der Waals surface area contributed by atoms with Crippen LogP contribution >= 0.6 is 0 Å². The molecule has 1 aliphatic rings. The van der Waals surface area contributed by atoms with Gasteiger partial charge in [-0.1, -0.05) is 43.3 Å². The summed E-state index contributed by atoms with van der Waals surface area (Å²) in [5.74, 6) is 0.888. The first-order valence-electron chi connectivity index (χ1n) is 6.87. The lowest BCUT2D eigenvalue weighted by Crippen LogP contribution is -2.37. The molecule has 0 saturated heterocycles. The zero-order valence-electron chi connectivity index (χ0n) is 11.5. The van der Waals surface area contributed by atoms with Gasteiger partial charge >= 0.3 is 0 Å². The van der Waals surface area contributed by atoms with Crippen LogP contribution in [0.15, 0.2) is 41.1 Å². The molecular formula is C16H20N2O. The van der Waals surface area contributed by atoms with Gasteiger partial charge in [-0.25, -0.2) is 0 Å². The molecule has 0 fully saturated rings. The van der Waals surface area contributed by atoms with Crippen molar-refractivity contribution >= 4 is 0 Å². The normalized spacial score (nSPS) is 21.1. The molecule has 100 valence electrons. The van der Waals surface area contributed by atoms with Crippen molar-refractivity contribution < 1.29 is 4.52 Å². The average Bonchev–Trinajstić information content (AvgIpc) is 2.90. The zero-order valence-corrected chi connectivity index (χ0v) is 11.5. The van der Waals surface area contributed by atoms with Crippen molar-refractivity contribution in [3.05, 3.63) is 53.4 Å². The van der Waals surface area contributed by atoms with Gasteiger partial charge in [0.25, 0.3) is 0 Å². The monoisotopic (exact) mass is 256 g/mol. The Kier molecular flexibility index (Phi) is 3.15. The summed E-state index contributed by atoms with van der Waals surface area (Å²) >= 11 is 0. The van der Waals surface area contributed by atoms with Crippen LogP contribution in [0.4, 0.5) is 0 Å². The fourth-order valence-corrected chi connectivity index (χ4v) is 2.99. The number of aromatic nitrogens is 1. The Morgan fingerprint density at radius 2 is 2.16 bits per heavy atom. The summed E-state index contributed by atoms with van der Waals surface area (Å²) in [6.45, 7) is 5.39. The van der Waals surface area contributed by atoms with Gasteiger partial charge in [-0.2, -0.15) is 0 Å². The summed E-state index contributed by atoms with van der Waals surface area (Å²) in [5, 5.41) is 7.39. The van der Waals surface area contributed by atoms with Crippen LogP contribution in [0.3, 0.4) is 0 Å². The van der Waals surface area contributed by atoms with Gasteiger partial charge in [0.15, 0.2) is 0 Å². The van der Waals surface area contributed by atoms with E-state index in [0.29, 0.717) is 6.04 Å². The number of hydrogen-bond acceptors (Lipinski definition) is 3. The maximum atomic E-state index is 5.17. The number of aryl methyl sites for hydroxylation is 1. The SMILES string of the molecule is CC1(C)CCc2ccccc2C1NCc1ccno1. The Morgan fingerprint density at radius 3 is 2.95 bits per heavy atom. The third kappa shape index (κ3) is 2.43. The first-order valence-corrected chi connectivity index (χ1v) is 6.87. The molecule has 2 aromatic rings.